The van der Waals surface area contributed by atoms with Gasteiger partial charge >= 0.3 is 0 Å². The van der Waals surface area contributed by atoms with Crippen molar-refractivity contribution in [1.29, 1.82) is 0 Å². The lowest BCUT2D eigenvalue weighted by molar-refractivity contribution is -0.126. The molecule has 1 aliphatic heterocycles. The lowest BCUT2D eigenvalue weighted by Crippen LogP contribution is -2.37. The van der Waals surface area contributed by atoms with Crippen molar-refractivity contribution >= 4 is 17.7 Å². The first-order valence-electron chi connectivity index (χ1n) is 6.36. The van der Waals surface area contributed by atoms with Gasteiger partial charge in [-0.2, -0.15) is 11.8 Å². The van der Waals surface area contributed by atoms with Gasteiger partial charge in [-0.1, -0.05) is 6.42 Å². The maximum Gasteiger partial charge on any atom is 0.223 e. The van der Waals surface area contributed by atoms with E-state index in [9.17, 15) is 4.79 Å². The predicted octanol–water partition coefficient (Wildman–Crippen LogP) is 1.23. The maximum absolute atomic E-state index is 12.0. The molecule has 3 nitrogen and oxygen atoms in total. The molecular weight excluding hydrogens is 220 g/mol. The van der Waals surface area contributed by atoms with E-state index in [1.165, 1.54) is 24.3 Å². The summed E-state index contributed by atoms with van der Waals surface area (Å²) < 4.78 is 0. The van der Waals surface area contributed by atoms with E-state index in [0.717, 1.165) is 19.4 Å². The first-order valence-corrected chi connectivity index (χ1v) is 7.52. The first kappa shape index (κ1) is 12.2. The van der Waals surface area contributed by atoms with E-state index < -0.39 is 0 Å². The number of hydrogen-bond donors (Lipinski definition) is 2. The zero-order valence-corrected chi connectivity index (χ0v) is 10.6. The van der Waals surface area contributed by atoms with Crippen LogP contribution in [0.5, 0.6) is 0 Å². The summed E-state index contributed by atoms with van der Waals surface area (Å²) in [4.78, 5) is 12.0. The molecule has 1 amide bonds. The topological polar surface area (TPSA) is 55.1 Å². The van der Waals surface area contributed by atoms with Gasteiger partial charge in [-0.15, -0.1) is 0 Å². The van der Waals surface area contributed by atoms with Gasteiger partial charge < -0.3 is 11.1 Å². The largest absolute Gasteiger partial charge is 0.356 e. The molecule has 1 heterocycles. The van der Waals surface area contributed by atoms with Crippen LogP contribution in [-0.4, -0.2) is 30.5 Å². The molecule has 2 aliphatic rings. The summed E-state index contributed by atoms with van der Waals surface area (Å²) in [5.41, 5.74) is 5.70. The van der Waals surface area contributed by atoms with Gasteiger partial charge in [0.15, 0.2) is 0 Å². The summed E-state index contributed by atoms with van der Waals surface area (Å²) in [5, 5.41) is 3.12. The molecule has 0 radical (unpaired) electrons. The van der Waals surface area contributed by atoms with Gasteiger partial charge in [0.25, 0.3) is 0 Å². The molecule has 4 heteroatoms. The molecule has 2 fully saturated rings. The second-order valence-electron chi connectivity index (χ2n) is 5.01. The highest BCUT2D eigenvalue weighted by molar-refractivity contribution is 7.99. The van der Waals surface area contributed by atoms with Crippen molar-refractivity contribution in [3.8, 4) is 0 Å². The standard InChI is InChI=1S/C12H22N2OS/c13-6-10-2-1-3-11(10)12(15)14-7-9-4-5-16-8-9/h9-11H,1-8,13H2,(H,14,15). The Labute approximate surface area is 102 Å². The van der Waals surface area contributed by atoms with Crippen molar-refractivity contribution in [1.82, 2.24) is 5.32 Å². The van der Waals surface area contributed by atoms with Crippen LogP contribution in [0.4, 0.5) is 0 Å². The molecule has 0 bridgehead atoms. The van der Waals surface area contributed by atoms with Gasteiger partial charge in [-0.3, -0.25) is 4.79 Å². The smallest absolute Gasteiger partial charge is 0.223 e. The van der Waals surface area contributed by atoms with Crippen LogP contribution in [0.1, 0.15) is 25.7 Å². The third kappa shape index (κ3) is 2.92. The molecule has 1 saturated carbocycles. The molecule has 0 spiro atoms. The second kappa shape index (κ2) is 5.92. The number of carbonyl (C=O) groups is 1. The summed E-state index contributed by atoms with van der Waals surface area (Å²) in [6, 6.07) is 0. The molecule has 3 atom stereocenters. The summed E-state index contributed by atoms with van der Waals surface area (Å²) in [7, 11) is 0. The number of nitrogens with one attached hydrogen (secondary N) is 1. The van der Waals surface area contributed by atoms with E-state index >= 15 is 0 Å². The molecule has 16 heavy (non-hydrogen) atoms. The Morgan fingerprint density at radius 1 is 1.38 bits per heavy atom. The van der Waals surface area contributed by atoms with Crippen molar-refractivity contribution in [2.24, 2.45) is 23.5 Å². The van der Waals surface area contributed by atoms with E-state index in [-0.39, 0.29) is 11.8 Å². The van der Waals surface area contributed by atoms with Crippen molar-refractivity contribution < 1.29 is 4.79 Å². The van der Waals surface area contributed by atoms with Crippen LogP contribution in [0.25, 0.3) is 0 Å². The van der Waals surface area contributed by atoms with Gasteiger partial charge in [-0.25, -0.2) is 0 Å². The molecule has 0 aromatic carbocycles. The number of nitrogens with two attached hydrogens (primary N) is 1. The average molecular weight is 242 g/mol. The zero-order chi connectivity index (χ0) is 11.4. The van der Waals surface area contributed by atoms with E-state index in [0.29, 0.717) is 18.4 Å². The van der Waals surface area contributed by atoms with Crippen molar-refractivity contribution in [3.63, 3.8) is 0 Å². The number of hydrogen-bond acceptors (Lipinski definition) is 3. The summed E-state index contributed by atoms with van der Waals surface area (Å²) in [6.45, 7) is 1.54. The highest BCUT2D eigenvalue weighted by Crippen LogP contribution is 2.31. The minimum Gasteiger partial charge on any atom is -0.356 e. The van der Waals surface area contributed by atoms with E-state index in [2.05, 4.69) is 5.32 Å². The first-order chi connectivity index (χ1) is 7.81. The lowest BCUT2D eigenvalue weighted by atomic mass is 9.95. The van der Waals surface area contributed by atoms with Crippen molar-refractivity contribution in [2.75, 3.05) is 24.6 Å². The number of rotatable bonds is 4. The fourth-order valence-electron chi connectivity index (χ4n) is 2.78. The molecule has 92 valence electrons. The third-order valence-corrected chi connectivity index (χ3v) is 5.12. The van der Waals surface area contributed by atoms with Crippen molar-refractivity contribution in [3.05, 3.63) is 0 Å². The SMILES string of the molecule is NCC1CCCC1C(=O)NCC1CCSC1. The third-order valence-electron chi connectivity index (χ3n) is 3.89. The molecule has 0 aromatic rings. The minimum absolute atomic E-state index is 0.194. The van der Waals surface area contributed by atoms with Gasteiger partial charge in [0.1, 0.15) is 0 Å². The number of amides is 1. The van der Waals surface area contributed by atoms with Crippen LogP contribution >= 0.6 is 11.8 Å². The Bertz CT molecular complexity index is 241. The van der Waals surface area contributed by atoms with Gasteiger partial charge in [0.05, 0.1) is 0 Å². The average Bonchev–Trinajstić information content (AvgIpc) is 2.96. The van der Waals surface area contributed by atoms with E-state index in [1.54, 1.807) is 0 Å². The molecule has 3 N–H and O–H groups in total. The Morgan fingerprint density at radius 3 is 2.94 bits per heavy atom. The zero-order valence-electron chi connectivity index (χ0n) is 9.78. The van der Waals surface area contributed by atoms with E-state index in [4.69, 9.17) is 5.73 Å². The van der Waals surface area contributed by atoms with Crippen LogP contribution in [0.3, 0.4) is 0 Å². The van der Waals surface area contributed by atoms with Gasteiger partial charge in [0, 0.05) is 12.5 Å². The predicted molar refractivity (Wildman–Crippen MR) is 68.3 cm³/mol. The van der Waals surface area contributed by atoms with Crippen molar-refractivity contribution in [2.45, 2.75) is 25.7 Å². The molecule has 3 unspecified atom stereocenters. The molecule has 2 rings (SSSR count). The highest BCUT2D eigenvalue weighted by Gasteiger charge is 2.32. The number of thioether (sulfide) groups is 1. The Hall–Kier alpha value is -0.220. The summed E-state index contributed by atoms with van der Waals surface area (Å²) in [5.74, 6) is 4.05. The maximum atomic E-state index is 12.0. The minimum atomic E-state index is 0.194. The fraction of sp³-hybridized carbons (Fsp3) is 0.917. The monoisotopic (exact) mass is 242 g/mol. The summed E-state index contributed by atoms with van der Waals surface area (Å²) in [6.07, 6.45) is 4.59. The Kier molecular flexibility index (Phi) is 4.53. The Balaban J connectivity index is 1.74. The van der Waals surface area contributed by atoms with Crippen LogP contribution < -0.4 is 11.1 Å². The van der Waals surface area contributed by atoms with Gasteiger partial charge in [-0.05, 0) is 49.1 Å². The molecule has 1 saturated heterocycles. The van der Waals surface area contributed by atoms with Crippen LogP contribution in [0.15, 0.2) is 0 Å². The number of carbonyl (C=O) groups excluding carboxylic acids is 1. The molecule has 1 aliphatic carbocycles. The Morgan fingerprint density at radius 2 is 2.25 bits per heavy atom. The second-order valence-corrected chi connectivity index (χ2v) is 6.16. The summed E-state index contributed by atoms with van der Waals surface area (Å²) >= 11 is 2.00. The van der Waals surface area contributed by atoms with Crippen LogP contribution in [-0.2, 0) is 4.79 Å². The van der Waals surface area contributed by atoms with E-state index in [1.807, 2.05) is 11.8 Å². The normalized spacial score (nSPS) is 34.2. The molecular formula is C12H22N2OS. The fourth-order valence-corrected chi connectivity index (χ4v) is 4.07. The lowest BCUT2D eigenvalue weighted by Gasteiger charge is -2.18. The van der Waals surface area contributed by atoms with Crippen LogP contribution in [0, 0.1) is 17.8 Å². The van der Waals surface area contributed by atoms with Gasteiger partial charge in [0.2, 0.25) is 5.91 Å². The molecule has 0 aromatic heterocycles. The van der Waals surface area contributed by atoms with Crippen LogP contribution in [0.2, 0.25) is 0 Å². The highest BCUT2D eigenvalue weighted by atomic mass is 32.2. The quantitative estimate of drug-likeness (QED) is 0.779.